The monoisotopic (exact) mass is 286 g/mol. The van der Waals surface area contributed by atoms with Gasteiger partial charge in [-0.25, -0.2) is 0 Å². The summed E-state index contributed by atoms with van der Waals surface area (Å²) in [4.78, 5) is 12.3. The van der Waals surface area contributed by atoms with Gasteiger partial charge in [0.1, 0.15) is 5.78 Å². The molecule has 4 heteroatoms. The van der Waals surface area contributed by atoms with Crippen LogP contribution in [0.1, 0.15) is 51.0 Å². The van der Waals surface area contributed by atoms with Crippen LogP contribution in [0.2, 0.25) is 0 Å². The summed E-state index contributed by atoms with van der Waals surface area (Å²) in [5.41, 5.74) is 0.902. The van der Waals surface area contributed by atoms with Crippen LogP contribution in [0.15, 0.2) is 30.3 Å². The van der Waals surface area contributed by atoms with E-state index in [1.807, 2.05) is 44.2 Å². The first-order valence-electron chi connectivity index (χ1n) is 6.99. The molecule has 0 heterocycles. The smallest absolute Gasteiger partial charge is 0.299 e. The van der Waals surface area contributed by atoms with Crippen molar-refractivity contribution >= 4 is 5.78 Å². The van der Waals surface area contributed by atoms with E-state index in [-0.39, 0.29) is 30.5 Å². The molecule has 0 amide bonds. The van der Waals surface area contributed by atoms with Crippen LogP contribution in [0.25, 0.3) is 0 Å². The van der Waals surface area contributed by atoms with Gasteiger partial charge < -0.3 is 0 Å². The maximum Gasteiger partial charge on any atom is 0.389 e. The van der Waals surface area contributed by atoms with Gasteiger partial charge in [0.05, 0.1) is 0 Å². The number of rotatable bonds is 7. The molecular formula is C16H21F3O. The summed E-state index contributed by atoms with van der Waals surface area (Å²) in [6.07, 6.45) is -4.38. The predicted molar refractivity (Wildman–Crippen MR) is 73.6 cm³/mol. The average molecular weight is 286 g/mol. The molecule has 0 aromatic heterocycles. The number of carbonyl (C=O) groups excluding carboxylic acids is 1. The molecule has 1 aromatic rings. The van der Waals surface area contributed by atoms with Gasteiger partial charge in [-0.15, -0.1) is 0 Å². The Kier molecular flexibility index (Phi) is 6.24. The lowest BCUT2D eigenvalue weighted by atomic mass is 9.81. The van der Waals surface area contributed by atoms with Crippen LogP contribution in [-0.2, 0) is 4.79 Å². The molecule has 2 unspecified atom stereocenters. The maximum absolute atomic E-state index is 12.3. The van der Waals surface area contributed by atoms with Crippen molar-refractivity contribution in [2.75, 3.05) is 0 Å². The fourth-order valence-corrected chi connectivity index (χ4v) is 2.35. The van der Waals surface area contributed by atoms with Crippen molar-refractivity contribution in [3.63, 3.8) is 0 Å². The van der Waals surface area contributed by atoms with Gasteiger partial charge in [-0.3, -0.25) is 4.79 Å². The number of ketones is 1. The third kappa shape index (κ3) is 5.35. The number of hydrogen-bond donors (Lipinski definition) is 0. The maximum atomic E-state index is 12.3. The van der Waals surface area contributed by atoms with Crippen molar-refractivity contribution in [3.8, 4) is 0 Å². The zero-order valence-corrected chi connectivity index (χ0v) is 11.9. The lowest BCUT2D eigenvalue weighted by Crippen LogP contribution is -2.20. The highest BCUT2D eigenvalue weighted by Gasteiger charge is 2.29. The summed E-state index contributed by atoms with van der Waals surface area (Å²) in [6, 6.07) is 9.32. The zero-order valence-electron chi connectivity index (χ0n) is 11.9. The Morgan fingerprint density at radius 2 is 1.80 bits per heavy atom. The Hall–Kier alpha value is -1.32. The quantitative estimate of drug-likeness (QED) is 0.680. The zero-order chi connectivity index (χ0) is 15.2. The summed E-state index contributed by atoms with van der Waals surface area (Å²) >= 11 is 0. The van der Waals surface area contributed by atoms with E-state index in [4.69, 9.17) is 0 Å². The first-order chi connectivity index (χ1) is 9.35. The van der Waals surface area contributed by atoms with E-state index in [9.17, 15) is 18.0 Å². The predicted octanol–water partition coefficient (Wildman–Crippen LogP) is 5.12. The molecule has 0 fully saturated rings. The van der Waals surface area contributed by atoms with Crippen LogP contribution >= 0.6 is 0 Å². The van der Waals surface area contributed by atoms with Gasteiger partial charge in [0, 0.05) is 18.8 Å². The van der Waals surface area contributed by atoms with Gasteiger partial charge in [-0.1, -0.05) is 50.6 Å². The molecule has 1 aromatic carbocycles. The van der Waals surface area contributed by atoms with Crippen molar-refractivity contribution in [1.82, 2.24) is 0 Å². The van der Waals surface area contributed by atoms with Crippen LogP contribution in [0, 0.1) is 5.92 Å². The summed E-state index contributed by atoms with van der Waals surface area (Å²) in [6.45, 7) is 3.96. The fraction of sp³-hybridized carbons (Fsp3) is 0.562. The molecule has 1 rings (SSSR count). The highest BCUT2D eigenvalue weighted by atomic mass is 19.4. The third-order valence-electron chi connectivity index (χ3n) is 3.60. The lowest BCUT2D eigenvalue weighted by Gasteiger charge is -2.22. The average Bonchev–Trinajstić information content (AvgIpc) is 2.38. The first kappa shape index (κ1) is 16.7. The van der Waals surface area contributed by atoms with Crippen molar-refractivity contribution in [2.24, 2.45) is 5.92 Å². The Balaban J connectivity index is 2.72. The van der Waals surface area contributed by atoms with E-state index < -0.39 is 12.6 Å². The van der Waals surface area contributed by atoms with Crippen molar-refractivity contribution in [3.05, 3.63) is 35.9 Å². The van der Waals surface area contributed by atoms with Crippen molar-refractivity contribution in [2.45, 2.75) is 51.6 Å². The molecule has 0 saturated heterocycles. The van der Waals surface area contributed by atoms with Crippen LogP contribution in [0.4, 0.5) is 13.2 Å². The first-order valence-corrected chi connectivity index (χ1v) is 6.99. The Morgan fingerprint density at radius 1 is 1.20 bits per heavy atom. The van der Waals surface area contributed by atoms with E-state index in [0.717, 1.165) is 12.0 Å². The van der Waals surface area contributed by atoms with Crippen LogP contribution in [0.3, 0.4) is 0 Å². The highest BCUT2D eigenvalue weighted by molar-refractivity contribution is 5.86. The molecule has 0 radical (unpaired) electrons. The van der Waals surface area contributed by atoms with E-state index >= 15 is 0 Å². The number of benzene rings is 1. The van der Waals surface area contributed by atoms with E-state index in [2.05, 4.69) is 0 Å². The minimum atomic E-state index is -4.18. The van der Waals surface area contributed by atoms with Gasteiger partial charge in [0.25, 0.3) is 0 Å². The standard InChI is InChI=1S/C16H21F3O/c1-3-12(2)15(13-8-5-4-6-9-13)14(20)10-7-11-16(17,18)19/h4-6,8-9,12,15H,3,7,10-11H2,1-2H3. The van der Waals surface area contributed by atoms with Crippen molar-refractivity contribution < 1.29 is 18.0 Å². The topological polar surface area (TPSA) is 17.1 Å². The third-order valence-corrected chi connectivity index (χ3v) is 3.60. The number of alkyl halides is 3. The van der Waals surface area contributed by atoms with Gasteiger partial charge >= 0.3 is 6.18 Å². The second kappa shape index (κ2) is 7.46. The SMILES string of the molecule is CCC(C)C(C(=O)CCCC(F)(F)F)c1ccccc1. The second-order valence-electron chi connectivity index (χ2n) is 5.21. The Morgan fingerprint density at radius 3 is 2.30 bits per heavy atom. The molecular weight excluding hydrogens is 265 g/mol. The van der Waals surface area contributed by atoms with Crippen LogP contribution in [0.5, 0.6) is 0 Å². The molecule has 0 aliphatic heterocycles. The summed E-state index contributed by atoms with van der Waals surface area (Å²) in [7, 11) is 0. The van der Waals surface area contributed by atoms with E-state index in [0.29, 0.717) is 0 Å². The molecule has 0 bridgehead atoms. The van der Waals surface area contributed by atoms with Gasteiger partial charge in [0.15, 0.2) is 0 Å². The molecule has 0 aliphatic carbocycles. The largest absolute Gasteiger partial charge is 0.389 e. The van der Waals surface area contributed by atoms with Crippen molar-refractivity contribution in [1.29, 1.82) is 0 Å². The molecule has 0 spiro atoms. The Labute approximate surface area is 118 Å². The molecule has 0 aliphatic rings. The minimum absolute atomic E-state index is 0.0105. The summed E-state index contributed by atoms with van der Waals surface area (Å²) < 4.78 is 36.4. The normalized spacial score (nSPS) is 14.8. The van der Waals surface area contributed by atoms with Gasteiger partial charge in [-0.05, 0) is 17.9 Å². The molecule has 1 nitrogen and oxygen atoms in total. The molecule has 0 saturated carbocycles. The second-order valence-corrected chi connectivity index (χ2v) is 5.21. The van der Waals surface area contributed by atoms with Gasteiger partial charge in [-0.2, -0.15) is 13.2 Å². The number of hydrogen-bond acceptors (Lipinski definition) is 1. The fourth-order valence-electron chi connectivity index (χ4n) is 2.35. The van der Waals surface area contributed by atoms with E-state index in [1.54, 1.807) is 0 Å². The molecule has 112 valence electrons. The summed E-state index contributed by atoms with van der Waals surface area (Å²) in [5.74, 6) is -0.250. The highest BCUT2D eigenvalue weighted by Crippen LogP contribution is 2.30. The van der Waals surface area contributed by atoms with Crippen LogP contribution < -0.4 is 0 Å². The Bertz CT molecular complexity index is 411. The molecule has 0 N–H and O–H groups in total. The van der Waals surface area contributed by atoms with Gasteiger partial charge in [0.2, 0.25) is 0 Å². The molecule has 2 atom stereocenters. The number of halogens is 3. The van der Waals surface area contributed by atoms with E-state index in [1.165, 1.54) is 0 Å². The number of Topliss-reactive ketones (excluding diaryl/α,β-unsaturated/α-hetero) is 1. The lowest BCUT2D eigenvalue weighted by molar-refractivity contribution is -0.137. The number of carbonyl (C=O) groups is 1. The van der Waals surface area contributed by atoms with Crippen LogP contribution in [-0.4, -0.2) is 12.0 Å². The minimum Gasteiger partial charge on any atom is -0.299 e. The molecule has 20 heavy (non-hydrogen) atoms. The summed E-state index contributed by atoms with van der Waals surface area (Å²) in [5, 5.41) is 0.